The number of carbonyl (C=O) groups is 1. The molecule has 1 fully saturated rings. The monoisotopic (exact) mass is 316 g/mol. The number of carbonyl (C=O) groups excluding carboxylic acids is 1. The zero-order valence-corrected chi connectivity index (χ0v) is 13.1. The second-order valence-electron chi connectivity index (χ2n) is 5.15. The van der Waals surface area contributed by atoms with Crippen molar-refractivity contribution in [2.45, 2.75) is 19.8 Å². The maximum absolute atomic E-state index is 11.6. The van der Waals surface area contributed by atoms with Crippen molar-refractivity contribution in [1.29, 1.82) is 5.26 Å². The fourth-order valence-corrected chi connectivity index (χ4v) is 2.83. The number of fused-ring (bicyclic) bond motifs is 1. The minimum Gasteiger partial charge on any atom is -0.316 e. The fourth-order valence-electron chi connectivity index (χ4n) is 2.83. The molecule has 1 saturated heterocycles. The molecule has 1 aliphatic rings. The molecule has 1 N–H and O–H groups in total. The molecule has 1 aromatic heterocycles. The number of allylic oxidation sites excluding steroid dienone is 1. The molecule has 0 atom stereocenters. The molecule has 0 spiro atoms. The molecule has 2 heterocycles. The normalized spacial score (nSPS) is 14.3. The van der Waals surface area contributed by atoms with Crippen molar-refractivity contribution in [2.75, 3.05) is 13.1 Å². The van der Waals surface area contributed by atoms with E-state index in [4.69, 9.17) is 0 Å². The number of hydrogen-bond donors (Lipinski definition) is 1. The number of rotatable bonds is 1. The van der Waals surface area contributed by atoms with Gasteiger partial charge in [0.2, 0.25) is 5.91 Å². The Hall–Kier alpha value is -2.16. The largest absolute Gasteiger partial charge is 0.316 e. The molecular formula is C16H17ClN4O. The van der Waals surface area contributed by atoms with Gasteiger partial charge in [0.15, 0.2) is 0 Å². The molecule has 2 aromatic rings. The molecule has 22 heavy (non-hydrogen) atoms. The fraction of sp³-hybridized carbons (Fsp3) is 0.312. The first-order chi connectivity index (χ1) is 10.2. The number of benzene rings is 1. The number of nitrogens with one attached hydrogen (secondary N) is 1. The highest BCUT2D eigenvalue weighted by atomic mass is 35.5. The van der Waals surface area contributed by atoms with Gasteiger partial charge in [0.25, 0.3) is 0 Å². The molecule has 0 amide bonds. The zero-order valence-electron chi connectivity index (χ0n) is 12.3. The van der Waals surface area contributed by atoms with Crippen molar-refractivity contribution in [3.05, 3.63) is 35.5 Å². The van der Waals surface area contributed by atoms with E-state index in [0.717, 1.165) is 48.0 Å². The van der Waals surface area contributed by atoms with Crippen LogP contribution in [0.2, 0.25) is 0 Å². The van der Waals surface area contributed by atoms with Gasteiger partial charge in [0.05, 0.1) is 23.4 Å². The van der Waals surface area contributed by atoms with Crippen molar-refractivity contribution >= 4 is 34.8 Å². The smallest absolute Gasteiger partial charge is 0.244 e. The Bertz CT molecular complexity index is 777. The average Bonchev–Trinajstić information content (AvgIpc) is 2.94. The van der Waals surface area contributed by atoms with E-state index in [1.165, 1.54) is 17.2 Å². The summed E-state index contributed by atoms with van der Waals surface area (Å²) in [6, 6.07) is 8.01. The summed E-state index contributed by atoms with van der Waals surface area (Å²) in [4.78, 5) is 11.6. The molecule has 1 aliphatic heterocycles. The van der Waals surface area contributed by atoms with Gasteiger partial charge in [-0.15, -0.1) is 12.4 Å². The molecule has 0 saturated carbocycles. The minimum absolute atomic E-state index is 0. The van der Waals surface area contributed by atoms with Crippen LogP contribution in [0.15, 0.2) is 30.0 Å². The van der Waals surface area contributed by atoms with Gasteiger partial charge in [-0.1, -0.05) is 12.1 Å². The molecule has 3 rings (SSSR count). The first-order valence-electron chi connectivity index (χ1n) is 7.03. The van der Waals surface area contributed by atoms with Crippen LogP contribution in [0.5, 0.6) is 0 Å². The maximum atomic E-state index is 11.6. The quantitative estimate of drug-likeness (QED) is 0.821. The third-order valence-electron chi connectivity index (χ3n) is 3.85. The van der Waals surface area contributed by atoms with E-state index in [-0.39, 0.29) is 18.3 Å². The second kappa shape index (κ2) is 6.73. The van der Waals surface area contributed by atoms with Crippen LogP contribution in [0.1, 0.15) is 30.1 Å². The summed E-state index contributed by atoms with van der Waals surface area (Å²) < 4.78 is 1.38. The first-order valence-corrected chi connectivity index (χ1v) is 7.03. The van der Waals surface area contributed by atoms with Gasteiger partial charge in [-0.3, -0.25) is 4.79 Å². The standard InChI is InChI=1S/C16H16N4O.ClH/c1-11(21)20-16-4-2-3-13(15(16)10-19-20)14(9-17)12-5-7-18-8-6-12;/h2-4,10,18H,5-8H2,1H3;1H. The van der Waals surface area contributed by atoms with Gasteiger partial charge in [0, 0.05) is 17.9 Å². The third kappa shape index (κ3) is 2.76. The van der Waals surface area contributed by atoms with E-state index in [0.29, 0.717) is 0 Å². The number of hydrogen-bond acceptors (Lipinski definition) is 4. The van der Waals surface area contributed by atoms with Gasteiger partial charge >= 0.3 is 0 Å². The molecule has 114 valence electrons. The van der Waals surface area contributed by atoms with E-state index >= 15 is 0 Å². The van der Waals surface area contributed by atoms with E-state index < -0.39 is 0 Å². The van der Waals surface area contributed by atoms with E-state index in [2.05, 4.69) is 16.5 Å². The Labute approximate surface area is 135 Å². The first kappa shape index (κ1) is 16.2. The number of piperidine rings is 1. The zero-order chi connectivity index (χ0) is 14.8. The van der Waals surface area contributed by atoms with Crippen LogP contribution in [-0.4, -0.2) is 28.8 Å². The van der Waals surface area contributed by atoms with Gasteiger partial charge in [-0.25, -0.2) is 4.68 Å². The van der Waals surface area contributed by atoms with Crippen LogP contribution in [0.25, 0.3) is 16.5 Å². The summed E-state index contributed by atoms with van der Waals surface area (Å²) >= 11 is 0. The van der Waals surface area contributed by atoms with Crippen LogP contribution < -0.4 is 5.32 Å². The lowest BCUT2D eigenvalue weighted by atomic mass is 9.93. The third-order valence-corrected chi connectivity index (χ3v) is 3.85. The van der Waals surface area contributed by atoms with Gasteiger partial charge in [-0.05, 0) is 37.6 Å². The van der Waals surface area contributed by atoms with Crippen LogP contribution in [0, 0.1) is 11.3 Å². The highest BCUT2D eigenvalue weighted by molar-refractivity contribution is 5.99. The van der Waals surface area contributed by atoms with Crippen LogP contribution in [0.4, 0.5) is 0 Å². The molecule has 1 aromatic carbocycles. The lowest BCUT2D eigenvalue weighted by Crippen LogP contribution is -2.23. The second-order valence-corrected chi connectivity index (χ2v) is 5.15. The van der Waals surface area contributed by atoms with Crippen LogP contribution in [0.3, 0.4) is 0 Å². The minimum atomic E-state index is -0.129. The van der Waals surface area contributed by atoms with Crippen molar-refractivity contribution in [2.24, 2.45) is 0 Å². The van der Waals surface area contributed by atoms with E-state index in [1.54, 1.807) is 6.20 Å². The van der Waals surface area contributed by atoms with Gasteiger partial charge in [-0.2, -0.15) is 10.4 Å². The van der Waals surface area contributed by atoms with Crippen molar-refractivity contribution in [3.8, 4) is 6.07 Å². The number of aromatic nitrogens is 2. The SMILES string of the molecule is CC(=O)n1ncc2c(C(C#N)=C3CCNCC3)cccc21.Cl. The summed E-state index contributed by atoms with van der Waals surface area (Å²) in [5.41, 5.74) is 3.53. The summed E-state index contributed by atoms with van der Waals surface area (Å²) in [6.45, 7) is 3.29. The molecule has 5 nitrogen and oxygen atoms in total. The number of nitriles is 1. The Morgan fingerprint density at radius 2 is 2.09 bits per heavy atom. The maximum Gasteiger partial charge on any atom is 0.244 e. The van der Waals surface area contributed by atoms with Crippen LogP contribution >= 0.6 is 12.4 Å². The Balaban J connectivity index is 0.00000176. The Kier molecular flexibility index (Phi) is 4.96. The van der Waals surface area contributed by atoms with Crippen molar-refractivity contribution in [3.63, 3.8) is 0 Å². The average molecular weight is 317 g/mol. The highest BCUT2D eigenvalue weighted by Crippen LogP contribution is 2.29. The Morgan fingerprint density at radius 1 is 1.36 bits per heavy atom. The number of nitrogens with zero attached hydrogens (tertiary/aromatic N) is 3. The lowest BCUT2D eigenvalue weighted by molar-refractivity contribution is 0.0927. The van der Waals surface area contributed by atoms with Crippen LogP contribution in [-0.2, 0) is 0 Å². The topological polar surface area (TPSA) is 70.7 Å². The lowest BCUT2D eigenvalue weighted by Gasteiger charge is -2.17. The molecule has 0 bridgehead atoms. The van der Waals surface area contributed by atoms with Gasteiger partial charge < -0.3 is 5.32 Å². The molecule has 0 aliphatic carbocycles. The summed E-state index contributed by atoms with van der Waals surface area (Å²) in [5.74, 6) is -0.129. The summed E-state index contributed by atoms with van der Waals surface area (Å²) in [6.07, 6.45) is 3.45. The van der Waals surface area contributed by atoms with E-state index in [9.17, 15) is 10.1 Å². The van der Waals surface area contributed by atoms with Crippen molar-refractivity contribution < 1.29 is 4.79 Å². The predicted octanol–water partition coefficient (Wildman–Crippen LogP) is 2.78. The predicted molar refractivity (Wildman–Crippen MR) is 87.9 cm³/mol. The number of halogens is 1. The highest BCUT2D eigenvalue weighted by Gasteiger charge is 2.16. The molecule has 0 radical (unpaired) electrons. The molecular weight excluding hydrogens is 300 g/mol. The van der Waals surface area contributed by atoms with Crippen molar-refractivity contribution in [1.82, 2.24) is 15.1 Å². The summed E-state index contributed by atoms with van der Waals surface area (Å²) in [5, 5.41) is 17.9. The Morgan fingerprint density at radius 3 is 2.73 bits per heavy atom. The molecule has 6 heteroatoms. The summed E-state index contributed by atoms with van der Waals surface area (Å²) in [7, 11) is 0. The van der Waals surface area contributed by atoms with E-state index in [1.807, 2.05) is 18.2 Å². The van der Waals surface area contributed by atoms with Gasteiger partial charge in [0.1, 0.15) is 0 Å². The molecule has 0 unspecified atom stereocenters.